The van der Waals surface area contributed by atoms with Gasteiger partial charge in [0.1, 0.15) is 12.6 Å². The maximum Gasteiger partial charge on any atom is 0.154 e. The molecule has 0 bridgehead atoms. The second-order valence-electron chi connectivity index (χ2n) is 8.72. The Morgan fingerprint density at radius 2 is 1.65 bits per heavy atom. The van der Waals surface area contributed by atoms with Gasteiger partial charge in [-0.3, -0.25) is 0 Å². The summed E-state index contributed by atoms with van der Waals surface area (Å²) in [6.45, 7) is 11.8. The molecule has 2 atom stereocenters. The molecule has 4 heteroatoms. The van der Waals surface area contributed by atoms with E-state index >= 15 is 0 Å². The van der Waals surface area contributed by atoms with E-state index in [0.717, 1.165) is 44.7 Å². The fourth-order valence-electron chi connectivity index (χ4n) is 3.41. The molecule has 0 aliphatic heterocycles. The Hall–Kier alpha value is -1.52. The van der Waals surface area contributed by atoms with Gasteiger partial charge >= 0.3 is 0 Å². The summed E-state index contributed by atoms with van der Waals surface area (Å²) in [5, 5.41) is 0. The van der Waals surface area contributed by atoms with Gasteiger partial charge in [0.25, 0.3) is 0 Å². The lowest BCUT2D eigenvalue weighted by Crippen LogP contribution is -2.24. The molecule has 0 aromatic heterocycles. The number of unbranched alkanes of at least 4 members (excludes halogenated alkanes) is 3. The molecule has 1 aromatic carbocycles. The van der Waals surface area contributed by atoms with Crippen molar-refractivity contribution in [3.63, 3.8) is 0 Å². The summed E-state index contributed by atoms with van der Waals surface area (Å²) in [6, 6.07) is 10.3. The molecule has 1 aromatic rings. The van der Waals surface area contributed by atoms with E-state index in [9.17, 15) is 9.59 Å². The molecule has 178 valence electrons. The van der Waals surface area contributed by atoms with Crippen LogP contribution in [0.25, 0.3) is 0 Å². The number of hydrogen-bond acceptors (Lipinski definition) is 4. The molecule has 0 saturated heterocycles. The van der Waals surface area contributed by atoms with Crippen molar-refractivity contribution in [3.05, 3.63) is 35.9 Å². The van der Waals surface area contributed by atoms with E-state index < -0.39 is 0 Å². The number of rotatable bonds is 17. The van der Waals surface area contributed by atoms with Gasteiger partial charge in [0.2, 0.25) is 0 Å². The minimum absolute atomic E-state index is 0.0938. The van der Waals surface area contributed by atoms with Gasteiger partial charge in [0, 0.05) is 18.4 Å². The number of carbonyl (C=O) groups excluding carboxylic acids is 2. The van der Waals surface area contributed by atoms with Crippen molar-refractivity contribution in [1.82, 2.24) is 0 Å². The molecule has 4 nitrogen and oxygen atoms in total. The Morgan fingerprint density at radius 1 is 0.935 bits per heavy atom. The van der Waals surface area contributed by atoms with E-state index in [1.807, 2.05) is 32.0 Å². The SMILES string of the molecule is CCCCCCC(C=O)(CC=O)CCC(C)C.CCOC(C)OCCc1ccccc1. The molecule has 0 N–H and O–H groups in total. The lowest BCUT2D eigenvalue weighted by atomic mass is 9.76. The third-order valence-electron chi connectivity index (χ3n) is 5.48. The number of benzene rings is 1. The van der Waals surface area contributed by atoms with Gasteiger partial charge < -0.3 is 19.1 Å². The summed E-state index contributed by atoms with van der Waals surface area (Å²) >= 11 is 0. The van der Waals surface area contributed by atoms with Crippen LogP contribution in [0.5, 0.6) is 0 Å². The topological polar surface area (TPSA) is 52.6 Å². The maximum absolute atomic E-state index is 11.3. The normalized spacial score (nSPS) is 13.7. The summed E-state index contributed by atoms with van der Waals surface area (Å²) in [5.74, 6) is 0.594. The first-order valence-corrected chi connectivity index (χ1v) is 12.1. The molecule has 31 heavy (non-hydrogen) atoms. The van der Waals surface area contributed by atoms with Gasteiger partial charge in [0.15, 0.2) is 6.29 Å². The summed E-state index contributed by atoms with van der Waals surface area (Å²) in [5.41, 5.74) is 0.927. The van der Waals surface area contributed by atoms with Gasteiger partial charge in [-0.1, -0.05) is 83.2 Å². The molecular weight excluding hydrogens is 388 g/mol. The molecular formula is C27H46O4. The van der Waals surface area contributed by atoms with E-state index in [2.05, 4.69) is 32.9 Å². The zero-order chi connectivity index (χ0) is 23.4. The molecule has 0 saturated carbocycles. The van der Waals surface area contributed by atoms with Crippen molar-refractivity contribution >= 4 is 12.6 Å². The van der Waals surface area contributed by atoms with E-state index in [-0.39, 0.29) is 11.7 Å². The van der Waals surface area contributed by atoms with Crippen LogP contribution in [0.2, 0.25) is 0 Å². The highest BCUT2D eigenvalue weighted by molar-refractivity contribution is 5.66. The van der Waals surface area contributed by atoms with Crippen LogP contribution < -0.4 is 0 Å². The zero-order valence-corrected chi connectivity index (χ0v) is 20.6. The van der Waals surface area contributed by atoms with Crippen molar-refractivity contribution in [3.8, 4) is 0 Å². The average molecular weight is 435 g/mol. The Morgan fingerprint density at radius 3 is 2.19 bits per heavy atom. The molecule has 0 amide bonds. The number of carbonyl (C=O) groups is 2. The van der Waals surface area contributed by atoms with Gasteiger partial charge in [-0.15, -0.1) is 0 Å². The van der Waals surface area contributed by atoms with Crippen LogP contribution in [0.4, 0.5) is 0 Å². The predicted molar refractivity (Wildman–Crippen MR) is 129 cm³/mol. The fourth-order valence-corrected chi connectivity index (χ4v) is 3.41. The molecule has 2 unspecified atom stereocenters. The van der Waals surface area contributed by atoms with Crippen LogP contribution >= 0.6 is 0 Å². The van der Waals surface area contributed by atoms with Crippen LogP contribution in [0.3, 0.4) is 0 Å². The average Bonchev–Trinajstić information content (AvgIpc) is 2.76. The quantitative estimate of drug-likeness (QED) is 0.154. The van der Waals surface area contributed by atoms with Crippen LogP contribution in [-0.4, -0.2) is 32.1 Å². The predicted octanol–water partition coefficient (Wildman–Crippen LogP) is 6.80. The lowest BCUT2D eigenvalue weighted by Gasteiger charge is -2.26. The maximum atomic E-state index is 11.3. The van der Waals surface area contributed by atoms with Crippen molar-refractivity contribution in [2.45, 2.75) is 98.7 Å². The molecule has 0 spiro atoms. The standard InChI is InChI=1S/C15H28O2.C12H18O2/c1-4-5-6-7-9-15(13-17,11-12-16)10-8-14(2)3;1-3-13-11(2)14-10-9-12-7-5-4-6-8-12/h12-14H,4-11H2,1-3H3;4-8,11H,3,9-10H2,1-2H3. The summed E-state index contributed by atoms with van der Waals surface area (Å²) in [6.07, 6.45) is 10.6. The first-order valence-electron chi connectivity index (χ1n) is 12.1. The zero-order valence-electron chi connectivity index (χ0n) is 20.6. The van der Waals surface area contributed by atoms with Crippen LogP contribution in [0, 0.1) is 11.3 Å². The first kappa shape index (κ1) is 29.5. The van der Waals surface area contributed by atoms with Crippen LogP contribution in [0.15, 0.2) is 30.3 Å². The molecule has 0 radical (unpaired) electrons. The molecule has 0 aliphatic carbocycles. The summed E-state index contributed by atoms with van der Waals surface area (Å²) < 4.78 is 10.7. The van der Waals surface area contributed by atoms with Crippen molar-refractivity contribution in [2.24, 2.45) is 11.3 Å². The fraction of sp³-hybridized carbons (Fsp3) is 0.704. The van der Waals surface area contributed by atoms with Gasteiger partial charge in [0.05, 0.1) is 6.61 Å². The highest BCUT2D eigenvalue weighted by Crippen LogP contribution is 2.33. The molecule has 0 fully saturated rings. The Labute approximate surface area is 191 Å². The second kappa shape index (κ2) is 19.2. The highest BCUT2D eigenvalue weighted by atomic mass is 16.7. The van der Waals surface area contributed by atoms with Gasteiger partial charge in [-0.05, 0) is 44.6 Å². The van der Waals surface area contributed by atoms with E-state index in [1.165, 1.54) is 24.8 Å². The van der Waals surface area contributed by atoms with Crippen molar-refractivity contribution < 1.29 is 19.1 Å². The minimum Gasteiger partial charge on any atom is -0.353 e. The number of hydrogen-bond donors (Lipinski definition) is 0. The molecule has 0 heterocycles. The largest absolute Gasteiger partial charge is 0.353 e. The van der Waals surface area contributed by atoms with Gasteiger partial charge in [-0.2, -0.15) is 0 Å². The number of ether oxygens (including phenoxy) is 2. The smallest absolute Gasteiger partial charge is 0.154 e. The van der Waals surface area contributed by atoms with E-state index in [1.54, 1.807) is 0 Å². The monoisotopic (exact) mass is 434 g/mol. The van der Waals surface area contributed by atoms with E-state index in [4.69, 9.17) is 9.47 Å². The third kappa shape index (κ3) is 15.9. The lowest BCUT2D eigenvalue weighted by molar-refractivity contribution is -0.126. The Balaban J connectivity index is 0.000000590. The minimum atomic E-state index is -0.375. The number of aldehydes is 2. The van der Waals surface area contributed by atoms with Crippen molar-refractivity contribution in [2.75, 3.05) is 13.2 Å². The third-order valence-corrected chi connectivity index (χ3v) is 5.48. The summed E-state index contributed by atoms with van der Waals surface area (Å²) in [7, 11) is 0. The van der Waals surface area contributed by atoms with E-state index in [0.29, 0.717) is 25.6 Å². The van der Waals surface area contributed by atoms with Crippen LogP contribution in [0.1, 0.15) is 91.5 Å². The molecule has 1 rings (SSSR count). The second-order valence-corrected chi connectivity index (χ2v) is 8.72. The molecule has 0 aliphatic rings. The Kier molecular flexibility index (Phi) is 18.2. The van der Waals surface area contributed by atoms with Gasteiger partial charge in [-0.25, -0.2) is 0 Å². The summed E-state index contributed by atoms with van der Waals surface area (Å²) in [4.78, 5) is 22.1. The first-order chi connectivity index (χ1) is 14.9. The highest BCUT2D eigenvalue weighted by Gasteiger charge is 2.28. The van der Waals surface area contributed by atoms with Crippen LogP contribution in [-0.2, 0) is 25.5 Å². The van der Waals surface area contributed by atoms with Crippen molar-refractivity contribution in [1.29, 1.82) is 0 Å². The Bertz CT molecular complexity index is 543.